The summed E-state index contributed by atoms with van der Waals surface area (Å²) in [4.78, 5) is 66.0. The molecule has 1 aliphatic heterocycles. The van der Waals surface area contributed by atoms with E-state index in [1.54, 1.807) is 36.4 Å². The fourth-order valence-corrected chi connectivity index (χ4v) is 5.20. The minimum Gasteiger partial charge on any atom is -0.423 e. The number of ketones is 1. The largest absolute Gasteiger partial charge is 0.423 e. The summed E-state index contributed by atoms with van der Waals surface area (Å²) in [5.74, 6) is -3.85. The van der Waals surface area contributed by atoms with Crippen molar-refractivity contribution in [3.05, 3.63) is 111 Å². The van der Waals surface area contributed by atoms with E-state index in [2.05, 4.69) is 15.9 Å². The number of amides is 3. The molecule has 8 nitrogen and oxygen atoms in total. The fraction of sp³-hybridized carbons (Fsp3) is 0.167. The summed E-state index contributed by atoms with van der Waals surface area (Å²) < 4.78 is 6.20. The molecule has 1 aliphatic carbocycles. The van der Waals surface area contributed by atoms with E-state index in [1.807, 2.05) is 12.2 Å². The molecule has 3 amide bonds. The van der Waals surface area contributed by atoms with Gasteiger partial charge in [-0.05, 0) is 73.5 Å². The average Bonchev–Trinajstić information content (AvgIpc) is 3.21. The van der Waals surface area contributed by atoms with Gasteiger partial charge in [0.1, 0.15) is 12.3 Å². The molecule has 0 aromatic heterocycles. The predicted molar refractivity (Wildman–Crippen MR) is 150 cm³/mol. The van der Waals surface area contributed by atoms with Crippen molar-refractivity contribution in [2.75, 3.05) is 6.54 Å². The molecule has 1 heterocycles. The maximum absolute atomic E-state index is 13.6. The Morgan fingerprint density at radius 3 is 2.02 bits per heavy atom. The number of nitrogens with zero attached hydrogens (tertiary/aromatic N) is 2. The van der Waals surface area contributed by atoms with E-state index in [0.29, 0.717) is 18.4 Å². The van der Waals surface area contributed by atoms with Crippen LogP contribution < -0.4 is 4.74 Å². The van der Waals surface area contributed by atoms with Crippen molar-refractivity contribution in [3.63, 3.8) is 0 Å². The molecule has 5 rings (SSSR count). The van der Waals surface area contributed by atoms with Gasteiger partial charge in [0.2, 0.25) is 0 Å². The molecule has 0 saturated carbocycles. The van der Waals surface area contributed by atoms with Gasteiger partial charge in [-0.1, -0.05) is 51.8 Å². The van der Waals surface area contributed by atoms with Crippen LogP contribution in [-0.4, -0.2) is 46.0 Å². The van der Waals surface area contributed by atoms with E-state index in [1.165, 1.54) is 36.4 Å². The molecule has 10 heteroatoms. The van der Waals surface area contributed by atoms with Gasteiger partial charge in [-0.25, -0.2) is 9.80 Å². The Hall–Kier alpha value is -4.08. The van der Waals surface area contributed by atoms with Gasteiger partial charge in [-0.15, -0.1) is 0 Å². The molecule has 2 atom stereocenters. The number of ether oxygens (including phenoxy) is 1. The number of halogens is 2. The second-order valence-electron chi connectivity index (χ2n) is 9.33. The fourth-order valence-electron chi connectivity index (χ4n) is 4.72. The van der Waals surface area contributed by atoms with Crippen LogP contribution in [0.2, 0.25) is 5.02 Å². The zero-order chi connectivity index (χ0) is 28.4. The van der Waals surface area contributed by atoms with Crippen molar-refractivity contribution >= 4 is 57.0 Å². The van der Waals surface area contributed by atoms with Gasteiger partial charge in [0.25, 0.3) is 17.7 Å². The van der Waals surface area contributed by atoms with Crippen LogP contribution in [0.3, 0.4) is 0 Å². The number of hydrogen-bond acceptors (Lipinski definition) is 6. The zero-order valence-electron chi connectivity index (χ0n) is 21.0. The number of fused-ring (bicyclic) bond motifs is 1. The third-order valence-corrected chi connectivity index (χ3v) is 7.68. The predicted octanol–water partition coefficient (Wildman–Crippen LogP) is 5.51. The topological polar surface area (TPSA) is 101 Å². The molecule has 0 bridgehead atoms. The Bertz CT molecular complexity index is 1510. The molecule has 0 N–H and O–H groups in total. The summed E-state index contributed by atoms with van der Waals surface area (Å²) in [6.45, 7) is -0.577. The van der Waals surface area contributed by atoms with Crippen molar-refractivity contribution < 1.29 is 28.7 Å². The SMILES string of the molecule is O=C(CN(C(=O)c1ccccc1Cl)N1C(=O)[C@H]2CC=CC[C@H]2C1=O)c1ccc(OC(=O)c2ccc(Br)cc2)cc1. The molecule has 0 unspecified atom stereocenters. The van der Waals surface area contributed by atoms with E-state index in [9.17, 15) is 24.0 Å². The van der Waals surface area contributed by atoms with E-state index < -0.39 is 47.9 Å². The first-order chi connectivity index (χ1) is 19.2. The highest BCUT2D eigenvalue weighted by Gasteiger charge is 2.51. The van der Waals surface area contributed by atoms with Gasteiger partial charge < -0.3 is 4.74 Å². The molecule has 2 aliphatic rings. The molecule has 40 heavy (non-hydrogen) atoms. The van der Waals surface area contributed by atoms with Crippen LogP contribution in [-0.2, 0) is 9.59 Å². The maximum atomic E-state index is 13.6. The second-order valence-corrected chi connectivity index (χ2v) is 10.7. The first-order valence-corrected chi connectivity index (χ1v) is 13.6. The number of carbonyl (C=O) groups is 5. The molecule has 3 aromatic carbocycles. The Morgan fingerprint density at radius 2 is 1.43 bits per heavy atom. The Labute approximate surface area is 243 Å². The number of allylic oxidation sites excluding steroid dienone is 2. The number of esters is 1. The van der Waals surface area contributed by atoms with Crippen LogP contribution in [0, 0.1) is 11.8 Å². The van der Waals surface area contributed by atoms with Gasteiger partial charge in [-0.2, -0.15) is 5.01 Å². The van der Waals surface area contributed by atoms with Crippen molar-refractivity contribution in [3.8, 4) is 5.75 Å². The summed E-state index contributed by atoms with van der Waals surface area (Å²) in [6.07, 6.45) is 4.45. The van der Waals surface area contributed by atoms with Gasteiger partial charge in [-0.3, -0.25) is 19.2 Å². The van der Waals surface area contributed by atoms with Gasteiger partial charge in [0.15, 0.2) is 5.78 Å². The number of rotatable bonds is 7. The molecule has 3 aromatic rings. The summed E-state index contributed by atoms with van der Waals surface area (Å²) in [6, 6.07) is 18.7. The lowest BCUT2D eigenvalue weighted by atomic mass is 9.85. The monoisotopic (exact) mass is 620 g/mol. The first-order valence-electron chi connectivity index (χ1n) is 12.4. The standard InChI is InChI=1S/C30H22BrClN2O6/c31-20-13-9-19(10-14-20)30(39)40-21-15-11-18(12-16-21)26(35)17-33(27(36)24-7-3-4-8-25(24)32)34-28(37)22-5-1-2-6-23(22)29(34)38/h1-4,7-16,22-23H,5-6,17H2/t22-,23+. The number of benzene rings is 3. The van der Waals surface area contributed by atoms with Gasteiger partial charge in [0.05, 0.1) is 28.0 Å². The third kappa shape index (κ3) is 5.48. The lowest BCUT2D eigenvalue weighted by molar-refractivity contribution is -0.154. The van der Waals surface area contributed by atoms with Crippen LogP contribution in [0.5, 0.6) is 5.75 Å². The van der Waals surface area contributed by atoms with E-state index in [0.717, 1.165) is 14.5 Å². The minimum absolute atomic E-state index is 0.0563. The highest BCUT2D eigenvalue weighted by atomic mass is 79.9. The normalized spacial score (nSPS) is 17.9. The van der Waals surface area contributed by atoms with Crippen molar-refractivity contribution in [2.24, 2.45) is 11.8 Å². The Morgan fingerprint density at radius 1 is 0.850 bits per heavy atom. The summed E-state index contributed by atoms with van der Waals surface area (Å²) in [5, 5.41) is 1.81. The molecular formula is C30H22BrClN2O6. The number of hydrazine groups is 1. The second kappa shape index (κ2) is 11.6. The smallest absolute Gasteiger partial charge is 0.343 e. The molecule has 0 spiro atoms. The van der Waals surface area contributed by atoms with Crippen LogP contribution in [0.1, 0.15) is 43.9 Å². The minimum atomic E-state index is -0.743. The molecule has 0 radical (unpaired) electrons. The molecular weight excluding hydrogens is 600 g/mol. The lowest BCUT2D eigenvalue weighted by Gasteiger charge is -2.30. The number of hydrogen-bond donors (Lipinski definition) is 0. The first kappa shape index (κ1) is 27.5. The zero-order valence-corrected chi connectivity index (χ0v) is 23.3. The van der Waals surface area contributed by atoms with Crippen molar-refractivity contribution in [2.45, 2.75) is 12.8 Å². The Kier molecular flexibility index (Phi) is 7.95. The van der Waals surface area contributed by atoms with Crippen molar-refractivity contribution in [1.82, 2.24) is 10.0 Å². The average molecular weight is 622 g/mol. The van der Waals surface area contributed by atoms with E-state index in [4.69, 9.17) is 16.3 Å². The highest BCUT2D eigenvalue weighted by Crippen LogP contribution is 2.36. The maximum Gasteiger partial charge on any atom is 0.343 e. The Balaban J connectivity index is 1.37. The summed E-state index contributed by atoms with van der Waals surface area (Å²) in [7, 11) is 0. The van der Waals surface area contributed by atoms with E-state index in [-0.39, 0.29) is 21.9 Å². The van der Waals surface area contributed by atoms with Gasteiger partial charge in [0, 0.05) is 10.0 Å². The number of imide groups is 1. The number of carbonyl (C=O) groups excluding carboxylic acids is 5. The molecule has 1 saturated heterocycles. The van der Waals surface area contributed by atoms with Crippen LogP contribution in [0.25, 0.3) is 0 Å². The summed E-state index contributed by atoms with van der Waals surface area (Å²) in [5.41, 5.74) is 0.604. The summed E-state index contributed by atoms with van der Waals surface area (Å²) >= 11 is 9.57. The molecule has 202 valence electrons. The van der Waals surface area contributed by atoms with Crippen molar-refractivity contribution in [1.29, 1.82) is 0 Å². The third-order valence-electron chi connectivity index (χ3n) is 6.82. The van der Waals surface area contributed by atoms with Crippen LogP contribution in [0.4, 0.5) is 0 Å². The quantitative estimate of drug-likeness (QED) is 0.113. The van der Waals surface area contributed by atoms with Crippen LogP contribution in [0.15, 0.2) is 89.4 Å². The van der Waals surface area contributed by atoms with E-state index >= 15 is 0 Å². The lowest BCUT2D eigenvalue weighted by Crippen LogP contribution is -2.52. The van der Waals surface area contributed by atoms with Crippen LogP contribution >= 0.6 is 27.5 Å². The van der Waals surface area contributed by atoms with Gasteiger partial charge >= 0.3 is 5.97 Å². The molecule has 1 fully saturated rings. The number of Topliss-reactive ketones (excluding diaryl/α,β-unsaturated/α-hetero) is 1. The highest BCUT2D eigenvalue weighted by molar-refractivity contribution is 9.10.